The smallest absolute Gasteiger partial charge is 0.255 e. The molecule has 0 aliphatic rings. The van der Waals surface area contributed by atoms with E-state index in [2.05, 4.69) is 26.5 Å². The highest BCUT2D eigenvalue weighted by Crippen LogP contribution is 2.37. The van der Waals surface area contributed by atoms with E-state index in [1.807, 2.05) is 0 Å². The molecule has 9 nitrogen and oxygen atoms in total. The van der Waals surface area contributed by atoms with Crippen molar-refractivity contribution in [3.8, 4) is 17.2 Å². The maximum atomic E-state index is 12.5. The van der Waals surface area contributed by atoms with Crippen molar-refractivity contribution in [1.82, 2.24) is 9.73 Å². The Bertz CT molecular complexity index is 1000. The van der Waals surface area contributed by atoms with Gasteiger partial charge < -0.3 is 14.2 Å². The zero-order valence-corrected chi connectivity index (χ0v) is 19.3. The number of carbonyl (C=O) groups excluding carboxylic acids is 1. The Kier molecular flexibility index (Phi) is 8.21. The number of hydrogen-bond acceptors (Lipinski definition) is 7. The van der Waals surface area contributed by atoms with Crippen LogP contribution in [0.2, 0.25) is 0 Å². The van der Waals surface area contributed by atoms with Crippen molar-refractivity contribution >= 4 is 38.1 Å². The molecule has 0 bridgehead atoms. The molecule has 162 valence electrons. The number of benzene rings is 2. The zero-order valence-electron chi connectivity index (χ0n) is 16.9. The first-order chi connectivity index (χ1) is 14.2. The summed E-state index contributed by atoms with van der Waals surface area (Å²) in [4.78, 5) is 12.2. The maximum Gasteiger partial charge on any atom is 0.255 e. The molecule has 0 fully saturated rings. The standard InChI is InChI=1S/C19H22BrN3O6S/c1-23(30(25,26)15-7-5-14(20)6-8-15)12-18(24)22-21-11-13-9-16(27-2)19(29-4)17(10-13)28-3/h5-11H,12H2,1-4H3,(H,22,24)/b21-11-. The van der Waals surface area contributed by atoms with Gasteiger partial charge in [-0.05, 0) is 36.4 Å². The summed E-state index contributed by atoms with van der Waals surface area (Å²) in [5, 5.41) is 3.86. The lowest BCUT2D eigenvalue weighted by Gasteiger charge is -2.16. The van der Waals surface area contributed by atoms with E-state index in [1.165, 1.54) is 46.7 Å². The van der Waals surface area contributed by atoms with E-state index < -0.39 is 22.5 Å². The van der Waals surface area contributed by atoms with E-state index in [-0.39, 0.29) is 4.90 Å². The van der Waals surface area contributed by atoms with Crippen LogP contribution in [-0.4, -0.2) is 59.8 Å². The predicted octanol–water partition coefficient (Wildman–Crippen LogP) is 2.25. The summed E-state index contributed by atoms with van der Waals surface area (Å²) in [6.45, 7) is -0.398. The van der Waals surface area contributed by atoms with Crippen molar-refractivity contribution in [3.63, 3.8) is 0 Å². The zero-order chi connectivity index (χ0) is 22.3. The number of sulfonamides is 1. The van der Waals surface area contributed by atoms with Gasteiger partial charge in [0.15, 0.2) is 11.5 Å². The van der Waals surface area contributed by atoms with Crippen LogP contribution in [0.4, 0.5) is 0 Å². The van der Waals surface area contributed by atoms with Gasteiger partial charge in [-0.2, -0.15) is 9.41 Å². The van der Waals surface area contributed by atoms with Crippen molar-refractivity contribution in [3.05, 3.63) is 46.4 Å². The molecule has 0 saturated carbocycles. The number of halogens is 1. The van der Waals surface area contributed by atoms with Crippen LogP contribution < -0.4 is 19.6 Å². The minimum absolute atomic E-state index is 0.0851. The fourth-order valence-corrected chi connectivity index (χ4v) is 3.86. The van der Waals surface area contributed by atoms with Crippen LogP contribution in [0.25, 0.3) is 0 Å². The lowest BCUT2D eigenvalue weighted by Crippen LogP contribution is -2.36. The largest absolute Gasteiger partial charge is 0.493 e. The second-order valence-corrected chi connectivity index (χ2v) is 8.93. The second kappa shape index (κ2) is 10.4. The lowest BCUT2D eigenvalue weighted by atomic mass is 10.2. The van der Waals surface area contributed by atoms with Gasteiger partial charge in [0, 0.05) is 17.1 Å². The van der Waals surface area contributed by atoms with Crippen LogP contribution in [0, 0.1) is 0 Å². The second-order valence-electron chi connectivity index (χ2n) is 5.97. The summed E-state index contributed by atoms with van der Waals surface area (Å²) in [6.07, 6.45) is 1.38. The highest BCUT2D eigenvalue weighted by atomic mass is 79.9. The predicted molar refractivity (Wildman–Crippen MR) is 116 cm³/mol. The molecule has 0 aliphatic heterocycles. The monoisotopic (exact) mass is 499 g/mol. The summed E-state index contributed by atoms with van der Waals surface area (Å²) in [6, 6.07) is 9.44. The molecule has 30 heavy (non-hydrogen) atoms. The SMILES string of the molecule is COc1cc(/C=N\NC(=O)CN(C)S(=O)(=O)c2ccc(Br)cc2)cc(OC)c1OC. The number of methoxy groups -OCH3 is 3. The van der Waals surface area contributed by atoms with Gasteiger partial charge in [-0.3, -0.25) is 4.79 Å². The molecule has 2 aromatic rings. The molecule has 0 saturated heterocycles. The first-order valence-corrected chi connectivity index (χ1v) is 10.8. The van der Waals surface area contributed by atoms with Crippen molar-refractivity contribution < 1.29 is 27.4 Å². The Hall–Kier alpha value is -2.63. The van der Waals surface area contributed by atoms with Crippen LogP contribution in [0.3, 0.4) is 0 Å². The average molecular weight is 500 g/mol. The first-order valence-electron chi connectivity index (χ1n) is 8.56. The molecule has 0 aromatic heterocycles. The molecule has 1 amide bonds. The number of nitrogens with one attached hydrogen (secondary N) is 1. The lowest BCUT2D eigenvalue weighted by molar-refractivity contribution is -0.121. The highest BCUT2D eigenvalue weighted by Gasteiger charge is 2.22. The molecule has 0 aliphatic carbocycles. The Labute approximate surface area is 183 Å². The van der Waals surface area contributed by atoms with Gasteiger partial charge in [-0.25, -0.2) is 13.8 Å². The van der Waals surface area contributed by atoms with E-state index in [4.69, 9.17) is 14.2 Å². The molecule has 11 heteroatoms. The Morgan fingerprint density at radius 3 is 2.17 bits per heavy atom. The Balaban J connectivity index is 2.05. The Morgan fingerprint density at radius 2 is 1.67 bits per heavy atom. The number of nitrogens with zero attached hydrogens (tertiary/aromatic N) is 2. The van der Waals surface area contributed by atoms with Crippen LogP contribution >= 0.6 is 15.9 Å². The van der Waals surface area contributed by atoms with Crippen molar-refractivity contribution in [1.29, 1.82) is 0 Å². The number of amides is 1. The van der Waals surface area contributed by atoms with Gasteiger partial charge in [0.2, 0.25) is 15.8 Å². The molecule has 0 atom stereocenters. The third-order valence-corrected chi connectivity index (χ3v) is 6.32. The summed E-state index contributed by atoms with van der Waals surface area (Å²) < 4.78 is 42.5. The fraction of sp³-hybridized carbons (Fsp3) is 0.263. The minimum atomic E-state index is -3.80. The summed E-state index contributed by atoms with van der Waals surface area (Å²) in [5.41, 5.74) is 2.89. The normalized spacial score (nSPS) is 11.5. The number of hydrazone groups is 1. The van der Waals surface area contributed by atoms with Crippen molar-refractivity contribution in [2.24, 2.45) is 5.10 Å². The van der Waals surface area contributed by atoms with Gasteiger partial charge in [-0.15, -0.1) is 0 Å². The van der Waals surface area contributed by atoms with Gasteiger partial charge in [-0.1, -0.05) is 15.9 Å². The van der Waals surface area contributed by atoms with E-state index in [0.29, 0.717) is 22.8 Å². The number of likely N-dealkylation sites (N-methyl/N-ethyl adjacent to an activating group) is 1. The van der Waals surface area contributed by atoms with Crippen molar-refractivity contribution in [2.45, 2.75) is 4.90 Å². The minimum Gasteiger partial charge on any atom is -0.493 e. The third kappa shape index (κ3) is 5.71. The molecule has 0 unspecified atom stereocenters. The number of hydrogen-bond donors (Lipinski definition) is 1. The van der Waals surface area contributed by atoms with E-state index in [0.717, 1.165) is 8.78 Å². The maximum absolute atomic E-state index is 12.5. The van der Waals surface area contributed by atoms with Crippen LogP contribution in [0.1, 0.15) is 5.56 Å². The molecule has 0 heterocycles. The number of ether oxygens (including phenoxy) is 3. The van der Waals surface area contributed by atoms with E-state index >= 15 is 0 Å². The topological polar surface area (TPSA) is 107 Å². The molecular weight excluding hydrogens is 478 g/mol. The molecular formula is C19H22BrN3O6S. The molecule has 0 spiro atoms. The van der Waals surface area contributed by atoms with Crippen molar-refractivity contribution in [2.75, 3.05) is 34.9 Å². The van der Waals surface area contributed by atoms with Crippen LogP contribution in [-0.2, 0) is 14.8 Å². The van der Waals surface area contributed by atoms with Gasteiger partial charge >= 0.3 is 0 Å². The molecule has 2 aromatic carbocycles. The number of carbonyl (C=O) groups is 1. The quantitative estimate of drug-likeness (QED) is 0.418. The Morgan fingerprint density at radius 1 is 1.10 bits per heavy atom. The van der Waals surface area contributed by atoms with Gasteiger partial charge in [0.25, 0.3) is 5.91 Å². The molecule has 0 radical (unpaired) electrons. The average Bonchev–Trinajstić information content (AvgIpc) is 2.73. The highest BCUT2D eigenvalue weighted by molar-refractivity contribution is 9.10. The van der Waals surface area contributed by atoms with Crippen LogP contribution in [0.5, 0.6) is 17.2 Å². The van der Waals surface area contributed by atoms with Gasteiger partial charge in [0.1, 0.15) is 0 Å². The summed E-state index contributed by atoms with van der Waals surface area (Å²) in [5.74, 6) is 0.706. The van der Waals surface area contributed by atoms with Gasteiger partial charge in [0.05, 0.1) is 39.0 Å². The van der Waals surface area contributed by atoms with E-state index in [1.54, 1.807) is 24.3 Å². The van der Waals surface area contributed by atoms with E-state index in [9.17, 15) is 13.2 Å². The molecule has 1 N–H and O–H groups in total. The summed E-state index contributed by atoms with van der Waals surface area (Å²) >= 11 is 3.25. The fourth-order valence-electron chi connectivity index (χ4n) is 2.46. The first kappa shape index (κ1) is 23.6. The number of rotatable bonds is 9. The van der Waals surface area contributed by atoms with Crippen LogP contribution in [0.15, 0.2) is 50.9 Å². The summed E-state index contributed by atoms with van der Waals surface area (Å²) in [7, 11) is 1.99. The third-order valence-electron chi connectivity index (χ3n) is 3.98. The molecule has 2 rings (SSSR count).